The van der Waals surface area contributed by atoms with Crippen molar-refractivity contribution >= 4 is 5.82 Å². The molecule has 0 amide bonds. The molecule has 17 heavy (non-hydrogen) atoms. The van der Waals surface area contributed by atoms with Gasteiger partial charge in [-0.05, 0) is 19.3 Å². The quantitative estimate of drug-likeness (QED) is 0.634. The Balaban J connectivity index is 0.00000144. The molecule has 2 rings (SSSR count). The zero-order chi connectivity index (χ0) is 11.6. The number of piperidine rings is 1. The minimum absolute atomic E-state index is 0. The second-order valence-electron chi connectivity index (χ2n) is 3.81. The Bertz CT molecular complexity index is 347. The van der Waals surface area contributed by atoms with Crippen LogP contribution in [0, 0.1) is 31.1 Å². The number of hydrogen-bond acceptors (Lipinski definition) is 3. The summed E-state index contributed by atoms with van der Waals surface area (Å²) in [4.78, 5) is 9.18. The first-order valence-corrected chi connectivity index (χ1v) is 5.21. The van der Waals surface area contributed by atoms with E-state index in [9.17, 15) is 13.2 Å². The average molecular weight is 469 g/mol. The summed E-state index contributed by atoms with van der Waals surface area (Å²) in [6, 6.07) is 0. The Morgan fingerprint density at radius 1 is 1.00 bits per heavy atom. The molecular weight excluding hydrogens is 457 g/mol. The molecule has 1 fully saturated rings. The van der Waals surface area contributed by atoms with Gasteiger partial charge in [-0.3, -0.25) is 0 Å². The van der Waals surface area contributed by atoms with Crippen molar-refractivity contribution in [3.63, 3.8) is 0 Å². The molecule has 92 valence electrons. The van der Waals surface area contributed by atoms with Crippen molar-refractivity contribution in [2.24, 2.45) is 0 Å². The summed E-state index contributed by atoms with van der Waals surface area (Å²) in [5.74, 6) is 0.535. The van der Waals surface area contributed by atoms with E-state index in [2.05, 4.69) is 9.97 Å². The van der Waals surface area contributed by atoms with Crippen molar-refractivity contribution in [2.45, 2.75) is 25.4 Å². The van der Waals surface area contributed by atoms with Crippen LogP contribution in [0.2, 0.25) is 0 Å². The van der Waals surface area contributed by atoms with Crippen molar-refractivity contribution in [3.05, 3.63) is 18.1 Å². The van der Waals surface area contributed by atoms with Gasteiger partial charge in [0.15, 0.2) is 5.69 Å². The van der Waals surface area contributed by atoms with Crippen LogP contribution in [0.25, 0.3) is 0 Å². The van der Waals surface area contributed by atoms with Gasteiger partial charge in [-0.25, -0.2) is 9.97 Å². The van der Waals surface area contributed by atoms with Crippen LogP contribution in [-0.4, -0.2) is 23.1 Å². The molecule has 0 unspecified atom stereocenters. The normalized spacial score (nSPS) is 16.5. The molecule has 1 aliphatic heterocycles. The minimum Gasteiger partial charge on any atom is -0.355 e. The SMILES string of the molecule is FC(F)(F)c1cnc(N2CCCCC2)cn1.[U]. The van der Waals surface area contributed by atoms with Gasteiger partial charge in [0.05, 0.1) is 12.4 Å². The van der Waals surface area contributed by atoms with Crippen LogP contribution >= 0.6 is 0 Å². The predicted molar refractivity (Wildman–Crippen MR) is 53.1 cm³/mol. The molecule has 0 atom stereocenters. The largest absolute Gasteiger partial charge is 0.434 e. The summed E-state index contributed by atoms with van der Waals surface area (Å²) in [5.41, 5.74) is -0.937. The van der Waals surface area contributed by atoms with E-state index in [0.29, 0.717) is 5.82 Å². The van der Waals surface area contributed by atoms with E-state index in [4.69, 9.17) is 0 Å². The molecule has 0 aromatic carbocycles. The predicted octanol–water partition coefficient (Wildman–Crippen LogP) is 2.49. The van der Waals surface area contributed by atoms with Gasteiger partial charge < -0.3 is 4.90 Å². The Labute approximate surface area is 121 Å². The van der Waals surface area contributed by atoms with Gasteiger partial charge in [0.25, 0.3) is 0 Å². The third-order valence-corrected chi connectivity index (χ3v) is 2.61. The number of aromatic nitrogens is 2. The van der Waals surface area contributed by atoms with Gasteiger partial charge in [-0.2, -0.15) is 13.2 Å². The smallest absolute Gasteiger partial charge is 0.355 e. The summed E-state index contributed by atoms with van der Waals surface area (Å²) in [7, 11) is 0. The summed E-state index contributed by atoms with van der Waals surface area (Å²) in [6.45, 7) is 1.69. The fourth-order valence-corrected chi connectivity index (χ4v) is 1.75. The third-order valence-electron chi connectivity index (χ3n) is 2.61. The van der Waals surface area contributed by atoms with E-state index in [1.54, 1.807) is 0 Å². The topological polar surface area (TPSA) is 29.0 Å². The molecule has 2 heterocycles. The van der Waals surface area contributed by atoms with Gasteiger partial charge in [-0.15, -0.1) is 0 Å². The molecule has 0 spiro atoms. The number of halogens is 3. The molecule has 1 aromatic rings. The first-order valence-electron chi connectivity index (χ1n) is 5.21. The van der Waals surface area contributed by atoms with E-state index in [0.717, 1.165) is 32.1 Å². The maximum atomic E-state index is 12.2. The standard InChI is InChI=1S/C10H12F3N3.U/c11-10(12,13)8-6-15-9(7-14-8)16-4-2-1-3-5-16;/h6-7H,1-5H2;. The van der Waals surface area contributed by atoms with Crippen molar-refractivity contribution in [2.75, 3.05) is 18.0 Å². The fraction of sp³-hybridized carbons (Fsp3) is 0.600. The van der Waals surface area contributed by atoms with Gasteiger partial charge >= 0.3 is 6.18 Å². The van der Waals surface area contributed by atoms with Gasteiger partial charge in [-0.1, -0.05) is 0 Å². The fourth-order valence-electron chi connectivity index (χ4n) is 1.75. The zero-order valence-corrected chi connectivity index (χ0v) is 13.3. The second kappa shape index (κ2) is 6.06. The van der Waals surface area contributed by atoms with Crippen LogP contribution in [0.4, 0.5) is 19.0 Å². The summed E-state index contributed by atoms with van der Waals surface area (Å²) >= 11 is 0. The van der Waals surface area contributed by atoms with Crippen molar-refractivity contribution < 1.29 is 44.3 Å². The number of anilines is 1. The van der Waals surface area contributed by atoms with Crippen LogP contribution in [0.5, 0.6) is 0 Å². The maximum absolute atomic E-state index is 12.2. The maximum Gasteiger partial charge on any atom is 0.434 e. The molecule has 3 nitrogen and oxygen atoms in total. The first kappa shape index (κ1) is 14.8. The van der Waals surface area contributed by atoms with E-state index in [1.807, 2.05) is 4.90 Å². The molecule has 0 radical (unpaired) electrons. The summed E-state index contributed by atoms with van der Waals surface area (Å²) in [6.07, 6.45) is 0.876. The molecule has 0 saturated carbocycles. The van der Waals surface area contributed by atoms with Gasteiger partial charge in [0.1, 0.15) is 5.82 Å². The summed E-state index contributed by atoms with van der Waals surface area (Å²) in [5, 5.41) is 0. The molecule has 1 aliphatic rings. The zero-order valence-electron chi connectivity index (χ0n) is 9.17. The van der Waals surface area contributed by atoms with Crippen molar-refractivity contribution in [1.82, 2.24) is 9.97 Å². The molecule has 0 aliphatic carbocycles. The Morgan fingerprint density at radius 2 is 1.65 bits per heavy atom. The molecule has 1 saturated heterocycles. The third kappa shape index (κ3) is 3.85. The van der Waals surface area contributed by atoms with Crippen LogP contribution < -0.4 is 4.90 Å². The Hall–Kier alpha value is -0.278. The van der Waals surface area contributed by atoms with Crippen LogP contribution in [0.3, 0.4) is 0 Å². The van der Waals surface area contributed by atoms with E-state index < -0.39 is 11.9 Å². The number of hydrogen-bond donors (Lipinski definition) is 0. The van der Waals surface area contributed by atoms with Gasteiger partial charge in [0.2, 0.25) is 0 Å². The van der Waals surface area contributed by atoms with Crippen LogP contribution in [0.1, 0.15) is 25.0 Å². The monoisotopic (exact) mass is 469 g/mol. The van der Waals surface area contributed by atoms with Crippen molar-refractivity contribution in [1.29, 1.82) is 0 Å². The van der Waals surface area contributed by atoms with E-state index in [-0.39, 0.29) is 31.1 Å². The number of alkyl halides is 3. The average Bonchev–Trinajstić information content (AvgIpc) is 2.29. The van der Waals surface area contributed by atoms with Crippen molar-refractivity contribution in [3.8, 4) is 0 Å². The molecule has 0 N–H and O–H groups in total. The number of nitrogens with zero attached hydrogens (tertiary/aromatic N) is 3. The summed E-state index contributed by atoms with van der Waals surface area (Å²) < 4.78 is 36.7. The molecule has 0 bridgehead atoms. The number of rotatable bonds is 1. The van der Waals surface area contributed by atoms with E-state index >= 15 is 0 Å². The second-order valence-corrected chi connectivity index (χ2v) is 3.81. The minimum atomic E-state index is -4.41. The van der Waals surface area contributed by atoms with Crippen LogP contribution in [-0.2, 0) is 6.18 Å². The molecule has 1 aromatic heterocycles. The van der Waals surface area contributed by atoms with Crippen LogP contribution in [0.15, 0.2) is 12.4 Å². The van der Waals surface area contributed by atoms with Gasteiger partial charge in [0, 0.05) is 44.2 Å². The Kier molecular flexibility index (Phi) is 5.27. The van der Waals surface area contributed by atoms with E-state index in [1.165, 1.54) is 12.6 Å². The Morgan fingerprint density at radius 3 is 2.12 bits per heavy atom. The molecular formula is C10H12F3N3U. The first-order chi connectivity index (χ1) is 7.57. The molecule has 7 heteroatoms.